The predicted molar refractivity (Wildman–Crippen MR) is 70.8 cm³/mol. The molecule has 1 aromatic rings. The minimum Gasteiger partial charge on any atom is -0.497 e. The van der Waals surface area contributed by atoms with Gasteiger partial charge in [-0.15, -0.1) is 0 Å². The Morgan fingerprint density at radius 2 is 1.78 bits per heavy atom. The molecular formula is C12H19NO4S. The first-order valence-electron chi connectivity index (χ1n) is 5.68. The van der Waals surface area contributed by atoms with E-state index in [1.807, 2.05) is 0 Å². The molecule has 0 amide bonds. The van der Waals surface area contributed by atoms with Crippen LogP contribution in [0.5, 0.6) is 11.5 Å². The quantitative estimate of drug-likeness (QED) is 0.796. The third-order valence-electron chi connectivity index (χ3n) is 2.64. The third-order valence-corrected chi connectivity index (χ3v) is 4.80. The van der Waals surface area contributed by atoms with E-state index in [-0.39, 0.29) is 18.9 Å². The molecule has 0 aromatic heterocycles. The second-order valence-electron chi connectivity index (χ2n) is 3.94. The van der Waals surface area contributed by atoms with Crippen LogP contribution in [-0.2, 0) is 9.84 Å². The Bertz CT molecular complexity index is 455. The van der Waals surface area contributed by atoms with Crippen LogP contribution >= 0.6 is 0 Å². The molecule has 0 aliphatic heterocycles. The van der Waals surface area contributed by atoms with Crippen LogP contribution in [0.1, 0.15) is 6.92 Å². The summed E-state index contributed by atoms with van der Waals surface area (Å²) in [5.74, 6) is 1.32. The fourth-order valence-corrected chi connectivity index (χ4v) is 2.31. The van der Waals surface area contributed by atoms with Crippen LogP contribution in [0, 0.1) is 0 Å². The molecule has 18 heavy (non-hydrogen) atoms. The van der Waals surface area contributed by atoms with Crippen molar-refractivity contribution >= 4 is 9.84 Å². The largest absolute Gasteiger partial charge is 0.497 e. The molecule has 0 radical (unpaired) electrons. The second-order valence-corrected chi connectivity index (χ2v) is 6.48. The SMILES string of the molecule is COc1ccc(OCCS(=O)(=O)C(C)CN)cc1. The van der Waals surface area contributed by atoms with Crippen molar-refractivity contribution in [1.82, 2.24) is 0 Å². The number of hydrogen-bond donors (Lipinski definition) is 1. The lowest BCUT2D eigenvalue weighted by Crippen LogP contribution is -2.30. The van der Waals surface area contributed by atoms with E-state index in [4.69, 9.17) is 15.2 Å². The van der Waals surface area contributed by atoms with E-state index >= 15 is 0 Å². The number of hydrogen-bond acceptors (Lipinski definition) is 5. The Morgan fingerprint density at radius 3 is 2.28 bits per heavy atom. The molecule has 0 saturated heterocycles. The van der Waals surface area contributed by atoms with E-state index in [1.165, 1.54) is 0 Å². The van der Waals surface area contributed by atoms with Crippen LogP contribution < -0.4 is 15.2 Å². The Labute approximate surface area is 108 Å². The summed E-state index contributed by atoms with van der Waals surface area (Å²) in [5.41, 5.74) is 5.34. The molecule has 2 N–H and O–H groups in total. The van der Waals surface area contributed by atoms with Crippen molar-refractivity contribution < 1.29 is 17.9 Å². The Morgan fingerprint density at radius 1 is 1.22 bits per heavy atom. The minimum absolute atomic E-state index is 0.0304. The highest BCUT2D eigenvalue weighted by Gasteiger charge is 2.18. The lowest BCUT2D eigenvalue weighted by atomic mass is 10.3. The van der Waals surface area contributed by atoms with Gasteiger partial charge in [0.25, 0.3) is 0 Å². The van der Waals surface area contributed by atoms with Crippen molar-refractivity contribution in [2.24, 2.45) is 5.73 Å². The topological polar surface area (TPSA) is 78.6 Å². The molecule has 0 heterocycles. The molecule has 0 saturated carbocycles. The average molecular weight is 273 g/mol. The van der Waals surface area contributed by atoms with Crippen LogP contribution in [-0.4, -0.2) is 39.7 Å². The number of sulfone groups is 1. The first kappa shape index (κ1) is 14.8. The van der Waals surface area contributed by atoms with Crippen molar-refractivity contribution in [2.75, 3.05) is 26.0 Å². The summed E-state index contributed by atoms with van der Waals surface area (Å²) >= 11 is 0. The number of benzene rings is 1. The molecule has 1 unspecified atom stereocenters. The first-order chi connectivity index (χ1) is 8.49. The van der Waals surface area contributed by atoms with Gasteiger partial charge < -0.3 is 15.2 Å². The van der Waals surface area contributed by atoms with Crippen molar-refractivity contribution in [3.63, 3.8) is 0 Å². The van der Waals surface area contributed by atoms with Crippen LogP contribution in [0.2, 0.25) is 0 Å². The summed E-state index contributed by atoms with van der Waals surface area (Å²) < 4.78 is 33.7. The number of methoxy groups -OCH3 is 1. The molecule has 0 spiro atoms. The van der Waals surface area contributed by atoms with Gasteiger partial charge in [-0.1, -0.05) is 0 Å². The number of ether oxygens (including phenoxy) is 2. The molecule has 0 aliphatic carbocycles. The van der Waals surface area contributed by atoms with Crippen LogP contribution in [0.4, 0.5) is 0 Å². The summed E-state index contributed by atoms with van der Waals surface area (Å²) in [5, 5.41) is -0.531. The molecule has 0 fully saturated rings. The van der Waals surface area contributed by atoms with Gasteiger partial charge >= 0.3 is 0 Å². The van der Waals surface area contributed by atoms with Gasteiger partial charge in [0.05, 0.1) is 18.1 Å². The molecule has 1 aromatic carbocycles. The third kappa shape index (κ3) is 4.19. The zero-order chi connectivity index (χ0) is 13.6. The van der Waals surface area contributed by atoms with E-state index in [0.717, 1.165) is 5.75 Å². The number of rotatable bonds is 7. The lowest BCUT2D eigenvalue weighted by molar-refractivity contribution is 0.339. The number of nitrogens with two attached hydrogens (primary N) is 1. The van der Waals surface area contributed by atoms with Gasteiger partial charge in [0.15, 0.2) is 9.84 Å². The lowest BCUT2D eigenvalue weighted by Gasteiger charge is -2.11. The normalized spacial score (nSPS) is 13.1. The maximum atomic E-state index is 11.7. The highest BCUT2D eigenvalue weighted by atomic mass is 32.2. The van der Waals surface area contributed by atoms with Gasteiger partial charge in [-0.3, -0.25) is 0 Å². The Kier molecular flexibility index (Phi) is 5.43. The van der Waals surface area contributed by atoms with E-state index in [1.54, 1.807) is 38.3 Å². The molecular weight excluding hydrogens is 254 g/mol. The maximum Gasteiger partial charge on any atom is 0.157 e. The van der Waals surface area contributed by atoms with Crippen LogP contribution in [0.25, 0.3) is 0 Å². The Balaban J connectivity index is 2.46. The fourth-order valence-electron chi connectivity index (χ4n) is 1.30. The Hall–Kier alpha value is -1.27. The van der Waals surface area contributed by atoms with Crippen LogP contribution in [0.3, 0.4) is 0 Å². The zero-order valence-corrected chi connectivity index (χ0v) is 11.4. The fraction of sp³-hybridized carbons (Fsp3) is 0.500. The summed E-state index contributed by atoms with van der Waals surface area (Å²) in [4.78, 5) is 0. The summed E-state index contributed by atoms with van der Waals surface area (Å²) in [7, 11) is -1.59. The minimum atomic E-state index is -3.17. The monoisotopic (exact) mass is 273 g/mol. The van der Waals surface area contributed by atoms with Crippen LogP contribution in [0.15, 0.2) is 24.3 Å². The van der Waals surface area contributed by atoms with Gasteiger partial charge in [0.1, 0.15) is 18.1 Å². The molecule has 1 rings (SSSR count). The van der Waals surface area contributed by atoms with Crippen molar-refractivity contribution in [3.8, 4) is 11.5 Å². The van der Waals surface area contributed by atoms with Crippen molar-refractivity contribution in [3.05, 3.63) is 24.3 Å². The van der Waals surface area contributed by atoms with Crippen molar-refractivity contribution in [2.45, 2.75) is 12.2 Å². The average Bonchev–Trinajstić information content (AvgIpc) is 2.38. The summed E-state index contributed by atoms with van der Waals surface area (Å²) in [6.07, 6.45) is 0. The molecule has 6 heteroatoms. The molecule has 102 valence electrons. The smallest absolute Gasteiger partial charge is 0.157 e. The predicted octanol–water partition coefficient (Wildman–Crippen LogP) is 0.836. The van der Waals surface area contributed by atoms with E-state index in [9.17, 15) is 8.42 Å². The molecule has 0 bridgehead atoms. The van der Waals surface area contributed by atoms with Gasteiger partial charge in [-0.25, -0.2) is 8.42 Å². The van der Waals surface area contributed by atoms with Gasteiger partial charge in [0, 0.05) is 6.54 Å². The highest BCUT2D eigenvalue weighted by molar-refractivity contribution is 7.92. The van der Waals surface area contributed by atoms with Crippen molar-refractivity contribution in [1.29, 1.82) is 0 Å². The standard InChI is InChI=1S/C12H19NO4S/c1-10(9-13)18(14,15)8-7-17-12-5-3-11(16-2)4-6-12/h3-6,10H,7-9,13H2,1-2H3. The molecule has 0 aliphatic rings. The zero-order valence-electron chi connectivity index (χ0n) is 10.6. The van der Waals surface area contributed by atoms with Gasteiger partial charge in [-0.2, -0.15) is 0 Å². The van der Waals surface area contributed by atoms with E-state index in [2.05, 4.69) is 0 Å². The molecule has 1 atom stereocenters. The molecule has 5 nitrogen and oxygen atoms in total. The van der Waals surface area contributed by atoms with E-state index in [0.29, 0.717) is 5.75 Å². The first-order valence-corrected chi connectivity index (χ1v) is 7.39. The highest BCUT2D eigenvalue weighted by Crippen LogP contribution is 2.17. The second kappa shape index (κ2) is 6.61. The maximum absolute atomic E-state index is 11.7. The summed E-state index contributed by atoms with van der Waals surface area (Å²) in [6.45, 7) is 1.85. The summed E-state index contributed by atoms with van der Waals surface area (Å²) in [6, 6.07) is 6.98. The van der Waals surface area contributed by atoms with Gasteiger partial charge in [-0.05, 0) is 31.2 Å². The van der Waals surface area contributed by atoms with E-state index < -0.39 is 15.1 Å². The van der Waals surface area contributed by atoms with Gasteiger partial charge in [0.2, 0.25) is 0 Å².